The number of carbonyl (C=O) groups excluding carboxylic acids is 1. The zero-order valence-electron chi connectivity index (χ0n) is 11.5. The minimum absolute atomic E-state index is 0.316. The fourth-order valence-corrected chi connectivity index (χ4v) is 3.32. The van der Waals surface area contributed by atoms with Gasteiger partial charge in [-0.3, -0.25) is 9.48 Å². The van der Waals surface area contributed by atoms with Crippen molar-refractivity contribution in [2.75, 3.05) is 6.54 Å². The fraction of sp³-hybridized carbons (Fsp3) is 0.733. The Morgan fingerprint density at radius 3 is 2.89 bits per heavy atom. The lowest BCUT2D eigenvalue weighted by Gasteiger charge is -2.09. The molecule has 1 N–H and O–H groups in total. The lowest BCUT2D eigenvalue weighted by molar-refractivity contribution is -0.118. The minimum atomic E-state index is 0.316. The molecule has 3 rings (SSSR count). The van der Waals surface area contributed by atoms with Gasteiger partial charge in [-0.05, 0) is 38.3 Å². The first-order valence-electron chi connectivity index (χ1n) is 7.60. The SMILES string of the molecule is O=C(Cc1ccn(C2CCCC2)n1)CC1CCCN1. The number of carbonyl (C=O) groups is 1. The van der Waals surface area contributed by atoms with E-state index in [0.717, 1.165) is 18.7 Å². The van der Waals surface area contributed by atoms with Gasteiger partial charge in [0.25, 0.3) is 0 Å². The van der Waals surface area contributed by atoms with Gasteiger partial charge in [0.2, 0.25) is 0 Å². The molecular formula is C15H23N3O. The van der Waals surface area contributed by atoms with Gasteiger partial charge >= 0.3 is 0 Å². The second-order valence-electron chi connectivity index (χ2n) is 5.94. The maximum absolute atomic E-state index is 12.0. The third-order valence-electron chi connectivity index (χ3n) is 4.38. The monoisotopic (exact) mass is 261 g/mol. The number of Topliss-reactive ketones (excluding diaryl/α,β-unsaturated/α-hetero) is 1. The van der Waals surface area contributed by atoms with Crippen LogP contribution in [0.3, 0.4) is 0 Å². The van der Waals surface area contributed by atoms with Crippen LogP contribution in [0.25, 0.3) is 0 Å². The van der Waals surface area contributed by atoms with Crippen LogP contribution in [0.2, 0.25) is 0 Å². The normalized spacial score (nSPS) is 24.1. The molecule has 1 aliphatic carbocycles. The standard InChI is InChI=1S/C15H23N3O/c19-15(10-12-4-3-8-16-12)11-13-7-9-18(17-13)14-5-1-2-6-14/h7,9,12,14,16H,1-6,8,10-11H2. The molecule has 4 heteroatoms. The zero-order chi connectivity index (χ0) is 13.1. The van der Waals surface area contributed by atoms with E-state index in [4.69, 9.17) is 0 Å². The van der Waals surface area contributed by atoms with Crippen LogP contribution in [0.5, 0.6) is 0 Å². The van der Waals surface area contributed by atoms with Crippen molar-refractivity contribution < 1.29 is 4.79 Å². The van der Waals surface area contributed by atoms with Crippen LogP contribution in [-0.4, -0.2) is 28.2 Å². The average molecular weight is 261 g/mol. The third-order valence-corrected chi connectivity index (χ3v) is 4.38. The molecule has 1 saturated heterocycles. The predicted molar refractivity (Wildman–Crippen MR) is 74.1 cm³/mol. The first kappa shape index (κ1) is 12.9. The van der Waals surface area contributed by atoms with Gasteiger partial charge in [0, 0.05) is 18.7 Å². The Labute approximate surface area is 114 Å². The van der Waals surface area contributed by atoms with Gasteiger partial charge in [0.15, 0.2) is 0 Å². The molecule has 2 fully saturated rings. The summed E-state index contributed by atoms with van der Waals surface area (Å²) in [5.41, 5.74) is 0.940. The summed E-state index contributed by atoms with van der Waals surface area (Å²) in [5, 5.41) is 7.96. The van der Waals surface area contributed by atoms with E-state index in [1.165, 1.54) is 32.1 Å². The van der Waals surface area contributed by atoms with Crippen molar-refractivity contribution in [1.29, 1.82) is 0 Å². The molecule has 104 valence electrons. The van der Waals surface area contributed by atoms with Crippen LogP contribution in [0, 0.1) is 0 Å². The maximum atomic E-state index is 12.0. The number of ketones is 1. The number of nitrogens with zero attached hydrogens (tertiary/aromatic N) is 2. The van der Waals surface area contributed by atoms with E-state index in [2.05, 4.69) is 15.1 Å². The molecule has 0 spiro atoms. The molecule has 1 aromatic heterocycles. The number of aromatic nitrogens is 2. The van der Waals surface area contributed by atoms with Crippen LogP contribution in [-0.2, 0) is 11.2 Å². The quantitative estimate of drug-likeness (QED) is 0.884. The van der Waals surface area contributed by atoms with E-state index < -0.39 is 0 Å². The first-order valence-corrected chi connectivity index (χ1v) is 7.60. The second-order valence-corrected chi connectivity index (χ2v) is 5.94. The highest BCUT2D eigenvalue weighted by Crippen LogP contribution is 2.28. The van der Waals surface area contributed by atoms with Crippen molar-refractivity contribution in [3.05, 3.63) is 18.0 Å². The van der Waals surface area contributed by atoms with Crippen molar-refractivity contribution in [1.82, 2.24) is 15.1 Å². The minimum Gasteiger partial charge on any atom is -0.314 e. The highest BCUT2D eigenvalue weighted by molar-refractivity contribution is 5.81. The Hall–Kier alpha value is -1.16. The molecular weight excluding hydrogens is 238 g/mol. The summed E-state index contributed by atoms with van der Waals surface area (Å²) >= 11 is 0. The molecule has 0 amide bonds. The van der Waals surface area contributed by atoms with E-state index in [-0.39, 0.29) is 0 Å². The molecule has 2 heterocycles. The molecule has 0 bridgehead atoms. The van der Waals surface area contributed by atoms with Gasteiger partial charge in [-0.15, -0.1) is 0 Å². The van der Waals surface area contributed by atoms with Gasteiger partial charge in [-0.25, -0.2) is 0 Å². The highest BCUT2D eigenvalue weighted by atomic mass is 16.1. The predicted octanol–water partition coefficient (Wildman–Crippen LogP) is 2.25. The summed E-state index contributed by atoms with van der Waals surface area (Å²) in [7, 11) is 0. The smallest absolute Gasteiger partial charge is 0.140 e. The number of hydrogen-bond acceptors (Lipinski definition) is 3. The Kier molecular flexibility index (Phi) is 3.97. The molecule has 0 aromatic carbocycles. The highest BCUT2D eigenvalue weighted by Gasteiger charge is 2.20. The van der Waals surface area contributed by atoms with E-state index in [1.807, 2.05) is 12.3 Å². The van der Waals surface area contributed by atoms with Gasteiger partial charge < -0.3 is 5.32 Å². The molecule has 1 atom stereocenters. The molecule has 1 aromatic rings. The number of rotatable bonds is 5. The Balaban J connectivity index is 1.52. The van der Waals surface area contributed by atoms with Crippen LogP contribution in [0.4, 0.5) is 0 Å². The van der Waals surface area contributed by atoms with E-state index in [1.54, 1.807) is 0 Å². The van der Waals surface area contributed by atoms with E-state index in [9.17, 15) is 4.79 Å². The van der Waals surface area contributed by atoms with Crippen LogP contribution in [0.15, 0.2) is 12.3 Å². The lowest BCUT2D eigenvalue weighted by atomic mass is 10.1. The molecule has 1 aliphatic heterocycles. The summed E-state index contributed by atoms with van der Waals surface area (Å²) in [6.45, 7) is 1.06. The summed E-state index contributed by atoms with van der Waals surface area (Å²) in [6.07, 6.45) is 10.7. The number of nitrogens with one attached hydrogen (secondary N) is 1. The van der Waals surface area contributed by atoms with Gasteiger partial charge in [0.1, 0.15) is 5.78 Å². The Bertz CT molecular complexity index is 428. The van der Waals surface area contributed by atoms with Gasteiger partial charge in [0.05, 0.1) is 18.2 Å². The molecule has 4 nitrogen and oxygen atoms in total. The van der Waals surface area contributed by atoms with Crippen molar-refractivity contribution in [3.8, 4) is 0 Å². The lowest BCUT2D eigenvalue weighted by Crippen LogP contribution is -2.25. The van der Waals surface area contributed by atoms with Gasteiger partial charge in [-0.2, -0.15) is 5.10 Å². The van der Waals surface area contributed by atoms with E-state index in [0.29, 0.717) is 30.7 Å². The molecule has 2 aliphatic rings. The van der Waals surface area contributed by atoms with E-state index >= 15 is 0 Å². The van der Waals surface area contributed by atoms with Gasteiger partial charge in [-0.1, -0.05) is 12.8 Å². The topological polar surface area (TPSA) is 46.9 Å². The fourth-order valence-electron chi connectivity index (χ4n) is 3.32. The average Bonchev–Trinajstić information content (AvgIpc) is 3.09. The maximum Gasteiger partial charge on any atom is 0.140 e. The summed E-state index contributed by atoms with van der Waals surface area (Å²) in [4.78, 5) is 12.0. The molecule has 1 unspecified atom stereocenters. The van der Waals surface area contributed by atoms with Crippen molar-refractivity contribution in [2.45, 2.75) is 63.5 Å². The molecule has 19 heavy (non-hydrogen) atoms. The summed E-state index contributed by atoms with van der Waals surface area (Å²) in [5.74, 6) is 0.316. The Morgan fingerprint density at radius 1 is 1.32 bits per heavy atom. The van der Waals surface area contributed by atoms with Crippen LogP contribution >= 0.6 is 0 Å². The number of hydrogen-bond donors (Lipinski definition) is 1. The van der Waals surface area contributed by atoms with Crippen molar-refractivity contribution in [3.63, 3.8) is 0 Å². The Morgan fingerprint density at radius 2 is 2.16 bits per heavy atom. The zero-order valence-corrected chi connectivity index (χ0v) is 11.5. The molecule has 0 radical (unpaired) electrons. The summed E-state index contributed by atoms with van der Waals surface area (Å²) in [6, 6.07) is 2.99. The summed E-state index contributed by atoms with van der Waals surface area (Å²) < 4.78 is 2.07. The van der Waals surface area contributed by atoms with Crippen LogP contribution in [0.1, 0.15) is 56.7 Å². The largest absolute Gasteiger partial charge is 0.314 e. The van der Waals surface area contributed by atoms with Crippen molar-refractivity contribution in [2.24, 2.45) is 0 Å². The first-order chi connectivity index (χ1) is 9.31. The second kappa shape index (κ2) is 5.87. The molecule has 1 saturated carbocycles. The van der Waals surface area contributed by atoms with Crippen molar-refractivity contribution >= 4 is 5.78 Å². The van der Waals surface area contributed by atoms with Crippen LogP contribution < -0.4 is 5.32 Å². The third kappa shape index (κ3) is 3.24.